The third-order valence-corrected chi connectivity index (χ3v) is 5.82. The predicted octanol–water partition coefficient (Wildman–Crippen LogP) is 6.18. The quantitative estimate of drug-likeness (QED) is 0.449. The molecule has 1 saturated carbocycles. The van der Waals surface area contributed by atoms with Crippen molar-refractivity contribution >= 4 is 0 Å². The van der Waals surface area contributed by atoms with E-state index in [1.165, 1.54) is 77.0 Å². The molecule has 1 heteroatoms. The van der Waals surface area contributed by atoms with Gasteiger partial charge in [0.2, 0.25) is 0 Å². The van der Waals surface area contributed by atoms with Gasteiger partial charge in [-0.2, -0.15) is 0 Å². The SMILES string of the molecule is CCCCCCCCCC(NC)C1CCC(C(C)C)CC1. The molecular weight excluding hydrogens is 254 g/mol. The van der Waals surface area contributed by atoms with E-state index in [-0.39, 0.29) is 0 Å². The zero-order valence-electron chi connectivity index (χ0n) is 15.3. The molecule has 0 radical (unpaired) electrons. The van der Waals surface area contributed by atoms with E-state index in [1.54, 1.807) is 0 Å². The summed E-state index contributed by atoms with van der Waals surface area (Å²) < 4.78 is 0. The second-order valence-corrected chi connectivity index (χ2v) is 7.72. The standard InChI is InChI=1S/C20H41N/c1-5-6-7-8-9-10-11-12-20(21-4)19-15-13-18(14-16-19)17(2)3/h17-21H,5-16H2,1-4H3. The van der Waals surface area contributed by atoms with Crippen LogP contribution in [0.5, 0.6) is 0 Å². The van der Waals surface area contributed by atoms with E-state index < -0.39 is 0 Å². The van der Waals surface area contributed by atoms with E-state index in [9.17, 15) is 0 Å². The molecule has 126 valence electrons. The van der Waals surface area contributed by atoms with Gasteiger partial charge in [-0.1, -0.05) is 65.7 Å². The van der Waals surface area contributed by atoms with Crippen molar-refractivity contribution in [1.29, 1.82) is 0 Å². The lowest BCUT2D eigenvalue weighted by molar-refractivity contribution is 0.186. The molecule has 1 unspecified atom stereocenters. The van der Waals surface area contributed by atoms with Gasteiger partial charge in [0.05, 0.1) is 0 Å². The van der Waals surface area contributed by atoms with Crippen molar-refractivity contribution in [1.82, 2.24) is 5.32 Å². The van der Waals surface area contributed by atoms with Crippen LogP contribution in [0, 0.1) is 17.8 Å². The third kappa shape index (κ3) is 7.68. The first-order chi connectivity index (χ1) is 10.2. The lowest BCUT2D eigenvalue weighted by Crippen LogP contribution is -2.36. The Morgan fingerprint density at radius 1 is 0.810 bits per heavy atom. The summed E-state index contributed by atoms with van der Waals surface area (Å²) in [6.07, 6.45) is 17.3. The Balaban J connectivity index is 2.11. The summed E-state index contributed by atoms with van der Waals surface area (Å²) >= 11 is 0. The molecule has 0 heterocycles. The van der Waals surface area contributed by atoms with Crippen molar-refractivity contribution in [3.8, 4) is 0 Å². The van der Waals surface area contributed by atoms with Crippen molar-refractivity contribution in [2.24, 2.45) is 17.8 Å². The molecule has 1 nitrogen and oxygen atoms in total. The van der Waals surface area contributed by atoms with Gasteiger partial charge in [-0.15, -0.1) is 0 Å². The van der Waals surface area contributed by atoms with Crippen LogP contribution < -0.4 is 5.32 Å². The fourth-order valence-electron chi connectivity index (χ4n) is 4.15. The van der Waals surface area contributed by atoms with Gasteiger partial charge < -0.3 is 5.32 Å². The lowest BCUT2D eigenvalue weighted by Gasteiger charge is -2.35. The Labute approximate surface area is 134 Å². The fraction of sp³-hybridized carbons (Fsp3) is 1.00. The third-order valence-electron chi connectivity index (χ3n) is 5.82. The smallest absolute Gasteiger partial charge is 0.00923 e. The molecule has 0 aliphatic heterocycles. The van der Waals surface area contributed by atoms with Crippen molar-refractivity contribution in [2.45, 2.75) is 104 Å². The number of hydrogen-bond donors (Lipinski definition) is 1. The highest BCUT2D eigenvalue weighted by Crippen LogP contribution is 2.35. The minimum atomic E-state index is 0.786. The number of rotatable bonds is 11. The van der Waals surface area contributed by atoms with Gasteiger partial charge in [0.15, 0.2) is 0 Å². The van der Waals surface area contributed by atoms with E-state index in [1.807, 2.05) is 0 Å². The van der Waals surface area contributed by atoms with Gasteiger partial charge in [-0.3, -0.25) is 0 Å². The van der Waals surface area contributed by atoms with Gasteiger partial charge >= 0.3 is 0 Å². The second-order valence-electron chi connectivity index (χ2n) is 7.72. The molecule has 21 heavy (non-hydrogen) atoms. The highest BCUT2D eigenvalue weighted by atomic mass is 14.9. The zero-order chi connectivity index (χ0) is 15.5. The molecule has 0 aromatic carbocycles. The Kier molecular flexibility index (Phi) is 10.4. The lowest BCUT2D eigenvalue weighted by atomic mass is 9.74. The number of unbranched alkanes of at least 4 members (excludes halogenated alkanes) is 6. The number of hydrogen-bond acceptors (Lipinski definition) is 1. The molecule has 1 rings (SSSR count). The minimum Gasteiger partial charge on any atom is -0.317 e. The van der Waals surface area contributed by atoms with Gasteiger partial charge in [0, 0.05) is 6.04 Å². The molecule has 1 aliphatic rings. The van der Waals surface area contributed by atoms with Crippen LogP contribution in [0.15, 0.2) is 0 Å². The maximum absolute atomic E-state index is 3.63. The van der Waals surface area contributed by atoms with Gasteiger partial charge in [0.1, 0.15) is 0 Å². The first kappa shape index (κ1) is 19.0. The fourth-order valence-corrected chi connectivity index (χ4v) is 4.15. The highest BCUT2D eigenvalue weighted by Gasteiger charge is 2.27. The second kappa shape index (κ2) is 11.5. The van der Waals surface area contributed by atoms with Crippen LogP contribution in [0.2, 0.25) is 0 Å². The zero-order valence-corrected chi connectivity index (χ0v) is 15.3. The average Bonchev–Trinajstić information content (AvgIpc) is 2.50. The Bertz CT molecular complexity index is 228. The van der Waals surface area contributed by atoms with Crippen LogP contribution in [0.4, 0.5) is 0 Å². The topological polar surface area (TPSA) is 12.0 Å². The van der Waals surface area contributed by atoms with Crippen LogP contribution in [0.25, 0.3) is 0 Å². The van der Waals surface area contributed by atoms with Gasteiger partial charge in [-0.25, -0.2) is 0 Å². The molecule has 0 spiro atoms. The summed E-state index contributed by atoms with van der Waals surface area (Å²) in [6.45, 7) is 7.10. The van der Waals surface area contributed by atoms with Crippen LogP contribution >= 0.6 is 0 Å². The Morgan fingerprint density at radius 2 is 1.33 bits per heavy atom. The molecule has 0 aromatic rings. The Hall–Kier alpha value is -0.0400. The largest absolute Gasteiger partial charge is 0.317 e. The van der Waals surface area contributed by atoms with Gasteiger partial charge in [-0.05, 0) is 56.9 Å². The first-order valence-electron chi connectivity index (χ1n) is 9.86. The molecule has 0 aromatic heterocycles. The summed E-state index contributed by atoms with van der Waals surface area (Å²) in [5.74, 6) is 2.84. The van der Waals surface area contributed by atoms with E-state index in [4.69, 9.17) is 0 Å². The highest BCUT2D eigenvalue weighted by molar-refractivity contribution is 4.82. The molecular formula is C20H41N. The van der Waals surface area contributed by atoms with Gasteiger partial charge in [0.25, 0.3) is 0 Å². The van der Waals surface area contributed by atoms with E-state index in [0.717, 1.165) is 23.8 Å². The van der Waals surface area contributed by atoms with E-state index >= 15 is 0 Å². The molecule has 0 saturated heterocycles. The Morgan fingerprint density at radius 3 is 1.86 bits per heavy atom. The first-order valence-corrected chi connectivity index (χ1v) is 9.86. The van der Waals surface area contributed by atoms with E-state index in [2.05, 4.69) is 33.1 Å². The normalized spacial score (nSPS) is 24.4. The summed E-state index contributed by atoms with van der Waals surface area (Å²) in [7, 11) is 2.18. The van der Waals surface area contributed by atoms with Crippen LogP contribution in [-0.2, 0) is 0 Å². The molecule has 0 bridgehead atoms. The minimum absolute atomic E-state index is 0.786. The van der Waals surface area contributed by atoms with Crippen LogP contribution in [0.1, 0.15) is 97.8 Å². The van der Waals surface area contributed by atoms with Crippen molar-refractivity contribution < 1.29 is 0 Å². The average molecular weight is 296 g/mol. The molecule has 1 fully saturated rings. The van der Waals surface area contributed by atoms with Crippen LogP contribution in [0.3, 0.4) is 0 Å². The summed E-state index contributed by atoms with van der Waals surface area (Å²) in [6, 6.07) is 0.786. The monoisotopic (exact) mass is 295 g/mol. The summed E-state index contributed by atoms with van der Waals surface area (Å²) in [4.78, 5) is 0. The molecule has 1 aliphatic carbocycles. The predicted molar refractivity (Wildman–Crippen MR) is 95.7 cm³/mol. The maximum atomic E-state index is 3.63. The van der Waals surface area contributed by atoms with Crippen molar-refractivity contribution in [3.05, 3.63) is 0 Å². The number of nitrogens with one attached hydrogen (secondary N) is 1. The molecule has 1 atom stereocenters. The summed E-state index contributed by atoms with van der Waals surface area (Å²) in [5.41, 5.74) is 0. The van der Waals surface area contributed by atoms with Crippen molar-refractivity contribution in [2.75, 3.05) is 7.05 Å². The molecule has 1 N–H and O–H groups in total. The molecule has 0 amide bonds. The van der Waals surface area contributed by atoms with Crippen LogP contribution in [-0.4, -0.2) is 13.1 Å². The van der Waals surface area contributed by atoms with E-state index in [0.29, 0.717) is 0 Å². The maximum Gasteiger partial charge on any atom is 0.00923 e. The summed E-state index contributed by atoms with van der Waals surface area (Å²) in [5, 5.41) is 3.63. The van der Waals surface area contributed by atoms with Crippen molar-refractivity contribution in [3.63, 3.8) is 0 Å².